The highest BCUT2D eigenvalue weighted by Crippen LogP contribution is 2.19. The van der Waals surface area contributed by atoms with Crippen molar-refractivity contribution >= 4 is 27.8 Å². The zero-order valence-electron chi connectivity index (χ0n) is 12.2. The standard InChI is InChI=1S/C13H16BrN5O3/c1-8-12(14)9(2)18(17-8)6-5-15-11(20)7-19-10(13(21)22)3-4-16-19/h3-4H,5-7H2,1-2H3,(H,15,20)(H,21,22). The normalized spacial score (nSPS) is 10.7. The molecule has 8 nitrogen and oxygen atoms in total. The van der Waals surface area contributed by atoms with E-state index in [0.29, 0.717) is 13.1 Å². The summed E-state index contributed by atoms with van der Waals surface area (Å²) >= 11 is 3.44. The maximum atomic E-state index is 11.8. The minimum Gasteiger partial charge on any atom is -0.477 e. The molecule has 2 heterocycles. The molecule has 0 atom stereocenters. The minimum atomic E-state index is -1.11. The Morgan fingerprint density at radius 3 is 2.68 bits per heavy atom. The van der Waals surface area contributed by atoms with Crippen molar-refractivity contribution in [3.63, 3.8) is 0 Å². The molecule has 22 heavy (non-hydrogen) atoms. The number of nitrogens with one attached hydrogen (secondary N) is 1. The van der Waals surface area contributed by atoms with Crippen molar-refractivity contribution in [2.24, 2.45) is 0 Å². The molecule has 2 rings (SSSR count). The van der Waals surface area contributed by atoms with Gasteiger partial charge in [0, 0.05) is 18.4 Å². The van der Waals surface area contributed by atoms with Gasteiger partial charge in [0.15, 0.2) is 0 Å². The summed E-state index contributed by atoms with van der Waals surface area (Å²) in [4.78, 5) is 22.8. The van der Waals surface area contributed by atoms with Gasteiger partial charge in [-0.05, 0) is 35.8 Å². The van der Waals surface area contributed by atoms with Crippen LogP contribution in [0.2, 0.25) is 0 Å². The van der Waals surface area contributed by atoms with Gasteiger partial charge >= 0.3 is 5.97 Å². The van der Waals surface area contributed by atoms with Gasteiger partial charge in [-0.2, -0.15) is 10.2 Å². The van der Waals surface area contributed by atoms with Crippen LogP contribution in [0.4, 0.5) is 0 Å². The van der Waals surface area contributed by atoms with Crippen molar-refractivity contribution in [3.05, 3.63) is 33.8 Å². The zero-order chi connectivity index (χ0) is 16.3. The molecule has 0 aliphatic carbocycles. The first-order valence-corrected chi connectivity index (χ1v) is 7.40. The zero-order valence-corrected chi connectivity index (χ0v) is 13.8. The van der Waals surface area contributed by atoms with E-state index >= 15 is 0 Å². The van der Waals surface area contributed by atoms with E-state index in [1.54, 1.807) is 4.68 Å². The Labute approximate surface area is 135 Å². The number of hydrogen-bond donors (Lipinski definition) is 2. The monoisotopic (exact) mass is 369 g/mol. The summed E-state index contributed by atoms with van der Waals surface area (Å²) in [5, 5.41) is 19.8. The highest BCUT2D eigenvalue weighted by Gasteiger charge is 2.13. The van der Waals surface area contributed by atoms with Crippen LogP contribution >= 0.6 is 15.9 Å². The summed E-state index contributed by atoms with van der Waals surface area (Å²) in [7, 11) is 0. The summed E-state index contributed by atoms with van der Waals surface area (Å²) in [6.45, 7) is 4.65. The van der Waals surface area contributed by atoms with Gasteiger partial charge in [0.25, 0.3) is 0 Å². The lowest BCUT2D eigenvalue weighted by molar-refractivity contribution is -0.121. The second-order valence-corrected chi connectivity index (χ2v) is 5.53. The summed E-state index contributed by atoms with van der Waals surface area (Å²) in [6, 6.07) is 1.35. The molecule has 2 N–H and O–H groups in total. The van der Waals surface area contributed by atoms with Crippen LogP contribution in [0.1, 0.15) is 21.9 Å². The molecule has 0 saturated carbocycles. The maximum Gasteiger partial charge on any atom is 0.354 e. The van der Waals surface area contributed by atoms with Gasteiger partial charge in [-0.3, -0.25) is 9.48 Å². The molecule has 1 amide bonds. The maximum absolute atomic E-state index is 11.8. The van der Waals surface area contributed by atoms with Crippen LogP contribution in [-0.4, -0.2) is 43.1 Å². The molecule has 0 unspecified atom stereocenters. The lowest BCUT2D eigenvalue weighted by atomic mass is 10.4. The molecule has 118 valence electrons. The number of carboxylic acid groups (broad SMARTS) is 1. The van der Waals surface area contributed by atoms with Crippen LogP contribution in [-0.2, 0) is 17.9 Å². The number of hydrogen-bond acceptors (Lipinski definition) is 4. The molecule has 0 aliphatic rings. The molecule has 0 spiro atoms. The molecular weight excluding hydrogens is 354 g/mol. The van der Waals surface area contributed by atoms with Crippen molar-refractivity contribution < 1.29 is 14.7 Å². The number of carboxylic acids is 1. The number of halogens is 1. The molecule has 0 aromatic carbocycles. The number of carbonyl (C=O) groups excluding carboxylic acids is 1. The SMILES string of the molecule is Cc1nn(CCNC(=O)Cn2nccc2C(=O)O)c(C)c1Br. The van der Waals surface area contributed by atoms with Gasteiger partial charge in [-0.15, -0.1) is 0 Å². The van der Waals surface area contributed by atoms with E-state index in [1.165, 1.54) is 12.3 Å². The first-order valence-electron chi connectivity index (χ1n) is 6.61. The van der Waals surface area contributed by atoms with Crippen LogP contribution < -0.4 is 5.32 Å². The third-order valence-electron chi connectivity index (χ3n) is 3.17. The van der Waals surface area contributed by atoms with Crippen LogP contribution in [0.5, 0.6) is 0 Å². The quantitative estimate of drug-likeness (QED) is 0.789. The number of aromatic carboxylic acids is 1. The Bertz CT molecular complexity index is 707. The van der Waals surface area contributed by atoms with Crippen LogP contribution in [0.3, 0.4) is 0 Å². The molecule has 2 aromatic rings. The molecule has 0 radical (unpaired) electrons. The number of amides is 1. The van der Waals surface area contributed by atoms with E-state index < -0.39 is 5.97 Å². The van der Waals surface area contributed by atoms with E-state index in [9.17, 15) is 9.59 Å². The van der Waals surface area contributed by atoms with E-state index in [2.05, 4.69) is 31.4 Å². The topological polar surface area (TPSA) is 102 Å². The molecule has 0 aliphatic heterocycles. The third-order valence-corrected chi connectivity index (χ3v) is 4.32. The van der Waals surface area contributed by atoms with Crippen molar-refractivity contribution in [2.75, 3.05) is 6.54 Å². The lowest BCUT2D eigenvalue weighted by Gasteiger charge is -2.08. The van der Waals surface area contributed by atoms with E-state index in [0.717, 1.165) is 20.5 Å². The fraction of sp³-hybridized carbons (Fsp3) is 0.385. The van der Waals surface area contributed by atoms with Gasteiger partial charge in [0.2, 0.25) is 5.91 Å². The molecule has 2 aromatic heterocycles. The highest BCUT2D eigenvalue weighted by molar-refractivity contribution is 9.10. The number of nitrogens with zero attached hydrogens (tertiary/aromatic N) is 4. The highest BCUT2D eigenvalue weighted by atomic mass is 79.9. The second kappa shape index (κ2) is 6.73. The van der Waals surface area contributed by atoms with Crippen molar-refractivity contribution in [3.8, 4) is 0 Å². The average Bonchev–Trinajstić information content (AvgIpc) is 3.00. The Kier molecular flexibility index (Phi) is 4.96. The summed E-state index contributed by atoms with van der Waals surface area (Å²) in [5.74, 6) is -1.41. The molecule has 9 heteroatoms. The number of aromatic nitrogens is 4. The summed E-state index contributed by atoms with van der Waals surface area (Å²) in [6.07, 6.45) is 1.35. The largest absolute Gasteiger partial charge is 0.477 e. The molecule has 0 fully saturated rings. The van der Waals surface area contributed by atoms with Gasteiger partial charge < -0.3 is 10.4 Å². The first-order chi connectivity index (χ1) is 10.4. The third kappa shape index (κ3) is 3.53. The Morgan fingerprint density at radius 2 is 2.09 bits per heavy atom. The van der Waals surface area contributed by atoms with Crippen molar-refractivity contribution in [1.29, 1.82) is 0 Å². The first kappa shape index (κ1) is 16.2. The summed E-state index contributed by atoms with van der Waals surface area (Å²) in [5.41, 5.74) is 1.87. The van der Waals surface area contributed by atoms with Crippen LogP contribution in [0.15, 0.2) is 16.7 Å². The molecular formula is C13H16BrN5O3. The van der Waals surface area contributed by atoms with E-state index in [4.69, 9.17) is 5.11 Å². The predicted molar refractivity (Wildman–Crippen MR) is 81.6 cm³/mol. The number of carbonyl (C=O) groups is 2. The van der Waals surface area contributed by atoms with Gasteiger partial charge in [-0.1, -0.05) is 0 Å². The predicted octanol–water partition coefficient (Wildman–Crippen LogP) is 0.974. The second-order valence-electron chi connectivity index (χ2n) is 4.74. The van der Waals surface area contributed by atoms with Crippen molar-refractivity contribution in [2.45, 2.75) is 26.9 Å². The lowest BCUT2D eigenvalue weighted by Crippen LogP contribution is -2.32. The number of rotatable bonds is 6. The van der Waals surface area contributed by atoms with Crippen LogP contribution in [0, 0.1) is 13.8 Å². The van der Waals surface area contributed by atoms with Gasteiger partial charge in [0.1, 0.15) is 12.2 Å². The number of aryl methyl sites for hydroxylation is 1. The van der Waals surface area contributed by atoms with Gasteiger partial charge in [-0.25, -0.2) is 9.48 Å². The van der Waals surface area contributed by atoms with Crippen molar-refractivity contribution in [1.82, 2.24) is 24.9 Å². The van der Waals surface area contributed by atoms with E-state index in [1.807, 2.05) is 13.8 Å². The molecule has 0 saturated heterocycles. The Hall–Kier alpha value is -2.16. The smallest absolute Gasteiger partial charge is 0.354 e. The average molecular weight is 370 g/mol. The minimum absolute atomic E-state index is 0.0161. The van der Waals surface area contributed by atoms with Gasteiger partial charge in [0.05, 0.1) is 16.7 Å². The Morgan fingerprint density at radius 1 is 1.36 bits per heavy atom. The fourth-order valence-electron chi connectivity index (χ4n) is 2.03. The fourth-order valence-corrected chi connectivity index (χ4v) is 2.31. The Balaban J connectivity index is 1.87. The van der Waals surface area contributed by atoms with E-state index in [-0.39, 0.29) is 18.1 Å². The summed E-state index contributed by atoms with van der Waals surface area (Å²) < 4.78 is 3.91. The molecule has 0 bridgehead atoms. The van der Waals surface area contributed by atoms with Crippen LogP contribution in [0.25, 0.3) is 0 Å².